The fraction of sp³-hybridized carbons (Fsp3) is 0.154. The van der Waals surface area contributed by atoms with E-state index >= 15 is 0 Å². The number of methoxy groups -OCH3 is 1. The summed E-state index contributed by atoms with van der Waals surface area (Å²) in [5, 5.41) is 0. The predicted octanol–water partition coefficient (Wildman–Crippen LogP) is 1.32. The third-order valence-electron chi connectivity index (χ3n) is 2.57. The lowest BCUT2D eigenvalue weighted by molar-refractivity contribution is 0.185. The lowest BCUT2D eigenvalue weighted by Crippen LogP contribution is -2.20. The molecule has 0 aliphatic carbocycles. The van der Waals surface area contributed by atoms with Gasteiger partial charge in [0.1, 0.15) is 0 Å². The van der Waals surface area contributed by atoms with Gasteiger partial charge in [0.15, 0.2) is 4.90 Å². The van der Waals surface area contributed by atoms with E-state index in [1.54, 1.807) is 25.3 Å². The highest BCUT2D eigenvalue weighted by Crippen LogP contribution is 2.15. The second-order valence-corrected chi connectivity index (χ2v) is 5.76. The van der Waals surface area contributed by atoms with Crippen LogP contribution in [-0.2, 0) is 21.4 Å². The van der Waals surface area contributed by atoms with E-state index in [0.717, 1.165) is 17.8 Å². The molecule has 0 atom stereocenters. The Morgan fingerprint density at radius 3 is 2.80 bits per heavy atom. The Hall–Kier alpha value is -2.12. The van der Waals surface area contributed by atoms with Crippen molar-refractivity contribution in [2.45, 2.75) is 11.5 Å². The topological polar surface area (TPSA) is 88.3 Å². The summed E-state index contributed by atoms with van der Waals surface area (Å²) in [5.74, 6) is 0. The fourth-order valence-electron chi connectivity index (χ4n) is 1.71. The van der Waals surface area contributed by atoms with Gasteiger partial charge in [0.2, 0.25) is 5.43 Å². The van der Waals surface area contributed by atoms with Crippen molar-refractivity contribution < 1.29 is 13.2 Å². The van der Waals surface area contributed by atoms with Crippen LogP contribution in [0.15, 0.2) is 52.4 Å². The van der Waals surface area contributed by atoms with Crippen molar-refractivity contribution in [3.63, 3.8) is 0 Å². The van der Waals surface area contributed by atoms with Crippen LogP contribution in [0.1, 0.15) is 5.56 Å². The molecule has 0 saturated carbocycles. The summed E-state index contributed by atoms with van der Waals surface area (Å²) in [5.41, 5.74) is 0.641. The Morgan fingerprint density at radius 1 is 1.30 bits per heavy atom. The van der Waals surface area contributed by atoms with Gasteiger partial charge in [0, 0.05) is 31.3 Å². The van der Waals surface area contributed by atoms with Gasteiger partial charge in [-0.25, -0.2) is 8.42 Å². The van der Waals surface area contributed by atoms with E-state index in [1.807, 2.05) is 6.07 Å². The lowest BCUT2D eigenvalue weighted by Gasteiger charge is -2.08. The first kappa shape index (κ1) is 14.3. The number of nitrogens with one attached hydrogen (secondary N) is 2. The van der Waals surface area contributed by atoms with Crippen LogP contribution < -0.4 is 10.2 Å². The number of anilines is 1. The third-order valence-corrected chi connectivity index (χ3v) is 3.97. The molecule has 7 heteroatoms. The van der Waals surface area contributed by atoms with Gasteiger partial charge in [0.25, 0.3) is 10.0 Å². The summed E-state index contributed by atoms with van der Waals surface area (Å²) in [6, 6.07) is 7.94. The molecule has 0 radical (unpaired) electrons. The van der Waals surface area contributed by atoms with Crippen LogP contribution in [0, 0.1) is 0 Å². The molecule has 2 N–H and O–H groups in total. The Kier molecular flexibility index (Phi) is 4.21. The van der Waals surface area contributed by atoms with Crippen LogP contribution in [0.25, 0.3) is 0 Å². The Morgan fingerprint density at radius 2 is 2.10 bits per heavy atom. The SMILES string of the molecule is COCc1cccc(NS(=O)(=O)c2c[nH]ccc2=O)c1. The van der Waals surface area contributed by atoms with Crippen LogP contribution in [-0.4, -0.2) is 20.5 Å². The summed E-state index contributed by atoms with van der Waals surface area (Å²) >= 11 is 0. The lowest BCUT2D eigenvalue weighted by atomic mass is 10.2. The maximum absolute atomic E-state index is 12.1. The first-order valence-electron chi connectivity index (χ1n) is 5.81. The first-order chi connectivity index (χ1) is 9.53. The average Bonchev–Trinajstić information content (AvgIpc) is 2.39. The fourth-order valence-corrected chi connectivity index (χ4v) is 2.82. The van der Waals surface area contributed by atoms with Crippen molar-refractivity contribution in [3.8, 4) is 0 Å². The molecule has 0 fully saturated rings. The molecule has 1 heterocycles. The number of aromatic nitrogens is 1. The third kappa shape index (κ3) is 3.25. The van der Waals surface area contributed by atoms with Crippen LogP contribution in [0.4, 0.5) is 5.69 Å². The minimum absolute atomic E-state index is 0.322. The van der Waals surface area contributed by atoms with Crippen molar-refractivity contribution in [2.24, 2.45) is 0 Å². The van der Waals surface area contributed by atoms with Crippen LogP contribution in [0.5, 0.6) is 0 Å². The number of ether oxygens (including phenoxy) is 1. The molecular formula is C13H14N2O4S. The van der Waals surface area contributed by atoms with E-state index in [9.17, 15) is 13.2 Å². The molecule has 1 aromatic heterocycles. The molecule has 0 aliphatic heterocycles. The molecule has 0 amide bonds. The predicted molar refractivity (Wildman–Crippen MR) is 75.0 cm³/mol. The summed E-state index contributed by atoms with van der Waals surface area (Å²) < 4.78 is 31.6. The van der Waals surface area contributed by atoms with Crippen LogP contribution in [0.2, 0.25) is 0 Å². The normalized spacial score (nSPS) is 11.2. The van der Waals surface area contributed by atoms with Crippen LogP contribution in [0.3, 0.4) is 0 Å². The molecule has 0 unspecified atom stereocenters. The van der Waals surface area contributed by atoms with E-state index in [4.69, 9.17) is 4.74 Å². The minimum atomic E-state index is -3.91. The van der Waals surface area contributed by atoms with Crippen molar-refractivity contribution in [1.82, 2.24) is 4.98 Å². The molecule has 2 rings (SSSR count). The minimum Gasteiger partial charge on any atom is -0.380 e. The summed E-state index contributed by atoms with van der Waals surface area (Å²) in [6.07, 6.45) is 2.53. The van der Waals surface area contributed by atoms with Gasteiger partial charge in [-0.3, -0.25) is 9.52 Å². The van der Waals surface area contributed by atoms with Crippen LogP contribution >= 0.6 is 0 Å². The summed E-state index contributed by atoms with van der Waals surface area (Å²) in [6.45, 7) is 0.376. The number of pyridine rings is 1. The molecule has 106 valence electrons. The summed E-state index contributed by atoms with van der Waals surface area (Å²) in [4.78, 5) is 13.8. The Labute approximate surface area is 116 Å². The number of rotatable bonds is 5. The van der Waals surface area contributed by atoms with E-state index < -0.39 is 15.5 Å². The zero-order valence-electron chi connectivity index (χ0n) is 10.8. The first-order valence-corrected chi connectivity index (χ1v) is 7.29. The molecule has 20 heavy (non-hydrogen) atoms. The average molecular weight is 294 g/mol. The zero-order chi connectivity index (χ0) is 14.6. The van der Waals surface area contributed by atoms with Gasteiger partial charge in [-0.05, 0) is 17.7 Å². The Balaban J connectivity index is 2.31. The van der Waals surface area contributed by atoms with Crippen molar-refractivity contribution in [3.05, 3.63) is 58.5 Å². The highest BCUT2D eigenvalue weighted by molar-refractivity contribution is 7.92. The zero-order valence-corrected chi connectivity index (χ0v) is 11.6. The van der Waals surface area contributed by atoms with E-state index in [2.05, 4.69) is 9.71 Å². The van der Waals surface area contributed by atoms with E-state index in [0.29, 0.717) is 12.3 Å². The number of hydrogen-bond acceptors (Lipinski definition) is 4. The number of H-pyrrole nitrogens is 1. The standard InChI is InChI=1S/C13H14N2O4S/c1-19-9-10-3-2-4-11(7-10)15-20(17,18)13-8-14-6-5-12(13)16/h2-8,15H,9H2,1H3,(H,14,16). The number of aromatic amines is 1. The van der Waals surface area contributed by atoms with E-state index in [1.165, 1.54) is 6.20 Å². The van der Waals surface area contributed by atoms with Gasteiger partial charge in [-0.2, -0.15) is 0 Å². The number of benzene rings is 1. The smallest absolute Gasteiger partial charge is 0.267 e. The van der Waals surface area contributed by atoms with Gasteiger partial charge in [0.05, 0.1) is 6.61 Å². The second kappa shape index (κ2) is 5.89. The van der Waals surface area contributed by atoms with Gasteiger partial charge >= 0.3 is 0 Å². The quantitative estimate of drug-likeness (QED) is 0.870. The summed E-state index contributed by atoms with van der Waals surface area (Å²) in [7, 11) is -2.35. The maximum Gasteiger partial charge on any atom is 0.267 e. The van der Waals surface area contributed by atoms with Crippen molar-refractivity contribution in [2.75, 3.05) is 11.8 Å². The molecule has 0 aliphatic rings. The molecule has 2 aromatic rings. The molecule has 6 nitrogen and oxygen atoms in total. The highest BCUT2D eigenvalue weighted by Gasteiger charge is 2.17. The molecule has 0 spiro atoms. The van der Waals surface area contributed by atoms with Crippen molar-refractivity contribution >= 4 is 15.7 Å². The van der Waals surface area contributed by atoms with Gasteiger partial charge < -0.3 is 9.72 Å². The second-order valence-electron chi connectivity index (χ2n) is 4.11. The van der Waals surface area contributed by atoms with Gasteiger partial charge in [-0.1, -0.05) is 12.1 Å². The largest absolute Gasteiger partial charge is 0.380 e. The molecular weight excluding hydrogens is 280 g/mol. The van der Waals surface area contributed by atoms with E-state index in [-0.39, 0.29) is 4.90 Å². The molecule has 0 bridgehead atoms. The number of sulfonamides is 1. The maximum atomic E-state index is 12.1. The van der Waals surface area contributed by atoms with Gasteiger partial charge in [-0.15, -0.1) is 0 Å². The molecule has 1 aromatic carbocycles. The highest BCUT2D eigenvalue weighted by atomic mass is 32.2. The molecule has 0 saturated heterocycles. The van der Waals surface area contributed by atoms with Crippen molar-refractivity contribution in [1.29, 1.82) is 0 Å². The Bertz CT molecular complexity index is 753. The number of hydrogen-bond donors (Lipinski definition) is 2. The monoisotopic (exact) mass is 294 g/mol.